The molecular weight excluding hydrogens is 613 g/mol. The van der Waals surface area contributed by atoms with Crippen LogP contribution in [0, 0.1) is 0 Å². The number of para-hydroxylation sites is 2. The summed E-state index contributed by atoms with van der Waals surface area (Å²) in [5.74, 6) is 1.75. The molecule has 0 bridgehead atoms. The monoisotopic (exact) mass is 689 g/mol. The fraction of sp³-hybridized carbons (Fsp3) is 0.696. The van der Waals surface area contributed by atoms with Crippen molar-refractivity contribution in [1.82, 2.24) is 0 Å². The molecule has 4 heteroatoms. The molecule has 0 saturated carbocycles. The molecule has 0 radical (unpaired) electrons. The average molecular weight is 689 g/mol. The van der Waals surface area contributed by atoms with Crippen LogP contribution in [0.2, 0.25) is 0 Å². The van der Waals surface area contributed by atoms with Crippen molar-refractivity contribution in [1.29, 1.82) is 0 Å². The summed E-state index contributed by atoms with van der Waals surface area (Å²) in [6.45, 7) is 6.07. The van der Waals surface area contributed by atoms with Gasteiger partial charge in [-0.3, -0.25) is 0 Å². The van der Waals surface area contributed by atoms with E-state index < -0.39 is 0 Å². The Morgan fingerprint density at radius 2 is 0.620 bits per heavy atom. The van der Waals surface area contributed by atoms with Crippen LogP contribution in [0.1, 0.15) is 205 Å². The maximum Gasteiger partial charge on any atom is 0.128 e. The predicted octanol–water partition coefficient (Wildman–Crippen LogP) is 14.9. The van der Waals surface area contributed by atoms with Crippen LogP contribution >= 0.6 is 0 Å². The first-order valence-corrected chi connectivity index (χ1v) is 21.3. The Balaban J connectivity index is 1.54. The van der Waals surface area contributed by atoms with Crippen molar-refractivity contribution >= 4 is 12.4 Å². The van der Waals surface area contributed by atoms with Crippen molar-refractivity contribution in [3.05, 3.63) is 59.7 Å². The van der Waals surface area contributed by atoms with Crippen molar-refractivity contribution in [2.75, 3.05) is 13.2 Å². The number of hydrogen-bond donors (Lipinski definition) is 0. The zero-order valence-corrected chi connectivity index (χ0v) is 32.7. The minimum absolute atomic E-state index is 0.746. The third-order valence-corrected chi connectivity index (χ3v) is 9.81. The first-order chi connectivity index (χ1) is 24.8. The van der Waals surface area contributed by atoms with Crippen LogP contribution in [0.15, 0.2) is 58.7 Å². The zero-order chi connectivity index (χ0) is 35.4. The van der Waals surface area contributed by atoms with E-state index in [1.807, 2.05) is 48.5 Å². The smallest absolute Gasteiger partial charge is 0.128 e. The molecule has 0 N–H and O–H groups in total. The minimum atomic E-state index is 0.746. The second kappa shape index (κ2) is 33.5. The van der Waals surface area contributed by atoms with Crippen molar-refractivity contribution in [2.24, 2.45) is 10.2 Å². The topological polar surface area (TPSA) is 43.2 Å². The molecule has 2 aromatic carbocycles. The van der Waals surface area contributed by atoms with E-state index in [2.05, 4.69) is 24.1 Å². The molecule has 0 fully saturated rings. The molecule has 0 unspecified atom stereocenters. The van der Waals surface area contributed by atoms with E-state index in [4.69, 9.17) is 9.47 Å². The number of rotatable bonds is 35. The Hall–Kier alpha value is -2.62. The van der Waals surface area contributed by atoms with Gasteiger partial charge in [0.1, 0.15) is 11.5 Å². The van der Waals surface area contributed by atoms with Gasteiger partial charge in [0.25, 0.3) is 0 Å². The normalized spacial score (nSPS) is 11.6. The zero-order valence-electron chi connectivity index (χ0n) is 32.7. The number of unbranched alkanes of at least 4 members (excludes halogenated alkanes) is 26. The maximum absolute atomic E-state index is 6.13. The molecule has 0 heterocycles. The van der Waals surface area contributed by atoms with Crippen molar-refractivity contribution < 1.29 is 9.47 Å². The van der Waals surface area contributed by atoms with Gasteiger partial charge in [0.05, 0.1) is 25.6 Å². The lowest BCUT2D eigenvalue weighted by Gasteiger charge is -2.09. The first-order valence-electron chi connectivity index (χ1n) is 21.3. The largest absolute Gasteiger partial charge is 0.493 e. The van der Waals surface area contributed by atoms with Crippen molar-refractivity contribution in [3.8, 4) is 11.5 Å². The molecule has 0 amide bonds. The quantitative estimate of drug-likeness (QED) is 0.0411. The van der Waals surface area contributed by atoms with Gasteiger partial charge in [-0.25, -0.2) is 0 Å². The summed E-state index contributed by atoms with van der Waals surface area (Å²) in [4.78, 5) is 0. The Morgan fingerprint density at radius 3 is 0.920 bits per heavy atom. The summed E-state index contributed by atoms with van der Waals surface area (Å²) in [6, 6.07) is 16.2. The van der Waals surface area contributed by atoms with Crippen molar-refractivity contribution in [3.63, 3.8) is 0 Å². The third-order valence-electron chi connectivity index (χ3n) is 9.81. The minimum Gasteiger partial charge on any atom is -0.493 e. The van der Waals surface area contributed by atoms with Gasteiger partial charge in [-0.05, 0) is 37.1 Å². The summed E-state index contributed by atoms with van der Waals surface area (Å²) >= 11 is 0. The van der Waals surface area contributed by atoms with Gasteiger partial charge in [-0.1, -0.05) is 205 Å². The van der Waals surface area contributed by atoms with Crippen LogP contribution < -0.4 is 9.47 Å². The second-order valence-corrected chi connectivity index (χ2v) is 14.5. The van der Waals surface area contributed by atoms with Gasteiger partial charge < -0.3 is 9.47 Å². The van der Waals surface area contributed by atoms with Gasteiger partial charge in [-0.2, -0.15) is 10.2 Å². The number of benzene rings is 2. The molecule has 0 aliphatic heterocycles. The van der Waals surface area contributed by atoms with Crippen LogP contribution in [-0.4, -0.2) is 25.6 Å². The van der Waals surface area contributed by atoms with Crippen LogP contribution in [0.3, 0.4) is 0 Å². The Kier molecular flexibility index (Phi) is 29.2. The molecule has 2 aromatic rings. The van der Waals surface area contributed by atoms with E-state index in [0.717, 1.165) is 48.7 Å². The lowest BCUT2D eigenvalue weighted by atomic mass is 10.0. The van der Waals surface area contributed by atoms with E-state index in [1.165, 1.54) is 167 Å². The molecule has 0 aliphatic rings. The Bertz CT molecular complexity index is 996. The molecule has 0 saturated heterocycles. The summed E-state index contributed by atoms with van der Waals surface area (Å²) in [7, 11) is 0. The van der Waals surface area contributed by atoms with E-state index in [1.54, 1.807) is 12.4 Å². The highest BCUT2D eigenvalue weighted by molar-refractivity contribution is 5.86. The molecule has 0 aliphatic carbocycles. The maximum atomic E-state index is 6.13. The van der Waals surface area contributed by atoms with Crippen molar-refractivity contribution in [2.45, 2.75) is 194 Å². The highest BCUT2D eigenvalue weighted by Crippen LogP contribution is 2.19. The van der Waals surface area contributed by atoms with Crippen LogP contribution in [0.4, 0.5) is 0 Å². The SMILES string of the molecule is CCCCCCCCCCCCCCCCOc1ccccc1/C=N/N=C/c1ccccc1OCCCCCCCCCCCCCCCC. The molecule has 0 aromatic heterocycles. The summed E-state index contributed by atoms with van der Waals surface area (Å²) in [6.07, 6.45) is 41.8. The van der Waals surface area contributed by atoms with E-state index in [9.17, 15) is 0 Å². The molecule has 50 heavy (non-hydrogen) atoms. The van der Waals surface area contributed by atoms with Gasteiger partial charge in [0, 0.05) is 11.1 Å². The molecule has 0 spiro atoms. The van der Waals surface area contributed by atoms with Crippen LogP contribution in [-0.2, 0) is 0 Å². The Morgan fingerprint density at radius 1 is 0.360 bits per heavy atom. The summed E-state index contributed by atoms with van der Waals surface area (Å²) in [5.41, 5.74) is 1.91. The van der Waals surface area contributed by atoms with Crippen LogP contribution in [0.5, 0.6) is 11.5 Å². The standard InChI is InChI=1S/C46H76N2O2/c1-3-5-7-9-11-13-15-17-19-21-23-25-27-33-39-49-45-37-31-29-35-43(45)41-47-48-42-44-36-30-32-38-46(44)50-40-34-28-26-24-22-20-18-16-14-12-10-8-6-4-2/h29-32,35-38,41-42H,3-28,33-34,39-40H2,1-2H3/b47-41+,48-42+. The molecule has 2 rings (SSSR count). The van der Waals surface area contributed by atoms with Crippen LogP contribution in [0.25, 0.3) is 0 Å². The lowest BCUT2D eigenvalue weighted by molar-refractivity contribution is 0.303. The lowest BCUT2D eigenvalue weighted by Crippen LogP contribution is -2.00. The third kappa shape index (κ3) is 24.5. The number of nitrogens with zero attached hydrogens (tertiary/aromatic N) is 2. The van der Waals surface area contributed by atoms with E-state index >= 15 is 0 Å². The first kappa shape index (κ1) is 43.5. The predicted molar refractivity (Wildman–Crippen MR) is 220 cm³/mol. The van der Waals surface area contributed by atoms with Gasteiger partial charge in [0.15, 0.2) is 0 Å². The highest BCUT2D eigenvalue weighted by Gasteiger charge is 2.03. The Labute approximate surface area is 309 Å². The second-order valence-electron chi connectivity index (χ2n) is 14.5. The van der Waals surface area contributed by atoms with Gasteiger partial charge >= 0.3 is 0 Å². The molecule has 4 nitrogen and oxygen atoms in total. The highest BCUT2D eigenvalue weighted by atomic mass is 16.5. The molecule has 0 atom stereocenters. The summed E-state index contributed by atoms with van der Waals surface area (Å²) in [5, 5.41) is 8.69. The molecule has 282 valence electrons. The van der Waals surface area contributed by atoms with Gasteiger partial charge in [0.2, 0.25) is 0 Å². The fourth-order valence-corrected chi connectivity index (χ4v) is 6.59. The number of hydrogen-bond acceptors (Lipinski definition) is 4. The van der Waals surface area contributed by atoms with E-state index in [0.29, 0.717) is 0 Å². The average Bonchev–Trinajstić information content (AvgIpc) is 3.14. The fourth-order valence-electron chi connectivity index (χ4n) is 6.59. The number of ether oxygens (including phenoxy) is 2. The van der Waals surface area contributed by atoms with E-state index in [-0.39, 0.29) is 0 Å². The summed E-state index contributed by atoms with van der Waals surface area (Å²) < 4.78 is 12.3. The molecular formula is C46H76N2O2. The van der Waals surface area contributed by atoms with Gasteiger partial charge in [-0.15, -0.1) is 0 Å².